The quantitative estimate of drug-likeness (QED) is 0.447. The van der Waals surface area contributed by atoms with Crippen LogP contribution in [0.5, 0.6) is 0 Å². The number of pyridine rings is 1. The highest BCUT2D eigenvalue weighted by Crippen LogP contribution is 2.20. The zero-order valence-corrected chi connectivity index (χ0v) is 13.7. The van der Waals surface area contributed by atoms with E-state index < -0.39 is 0 Å². The summed E-state index contributed by atoms with van der Waals surface area (Å²) in [5.41, 5.74) is 7.48. The lowest BCUT2D eigenvalue weighted by Gasteiger charge is -2.05. The van der Waals surface area contributed by atoms with Gasteiger partial charge in [-0.05, 0) is 30.7 Å². The van der Waals surface area contributed by atoms with Gasteiger partial charge in [0.05, 0.1) is 11.7 Å². The Bertz CT molecular complexity index is 1060. The number of rotatable bonds is 3. The van der Waals surface area contributed by atoms with E-state index in [0.717, 1.165) is 16.9 Å². The smallest absolute Gasteiger partial charge is 0.147 e. The standard InChI is InChI=1S/C20H18N4/c1-14-11-20(22-18-9-5-3-7-16(14)18)23-21-12-15-13-24(2)19-10-6-4-8-17(15)19/h3-13H,1-2H3,(H,22,23). The van der Waals surface area contributed by atoms with E-state index in [-0.39, 0.29) is 0 Å². The fourth-order valence-corrected chi connectivity index (χ4v) is 3.05. The van der Waals surface area contributed by atoms with E-state index in [9.17, 15) is 0 Å². The topological polar surface area (TPSA) is 42.2 Å². The van der Waals surface area contributed by atoms with Crippen molar-refractivity contribution in [3.63, 3.8) is 0 Å². The van der Waals surface area contributed by atoms with E-state index in [1.54, 1.807) is 0 Å². The maximum Gasteiger partial charge on any atom is 0.147 e. The number of nitrogens with one attached hydrogen (secondary N) is 1. The molecule has 24 heavy (non-hydrogen) atoms. The van der Waals surface area contributed by atoms with E-state index in [1.165, 1.54) is 21.9 Å². The lowest BCUT2D eigenvalue weighted by Crippen LogP contribution is -1.95. The van der Waals surface area contributed by atoms with Crippen molar-refractivity contribution < 1.29 is 0 Å². The van der Waals surface area contributed by atoms with Gasteiger partial charge >= 0.3 is 0 Å². The first-order chi connectivity index (χ1) is 11.7. The molecular weight excluding hydrogens is 296 g/mol. The molecule has 4 heteroatoms. The van der Waals surface area contributed by atoms with Gasteiger partial charge < -0.3 is 4.57 Å². The summed E-state index contributed by atoms with van der Waals surface area (Å²) < 4.78 is 2.11. The number of hydrazone groups is 1. The molecule has 1 N–H and O–H groups in total. The number of anilines is 1. The normalized spacial score (nSPS) is 11.6. The van der Waals surface area contributed by atoms with Gasteiger partial charge in [-0.15, -0.1) is 0 Å². The maximum absolute atomic E-state index is 4.60. The Morgan fingerprint density at radius 2 is 1.79 bits per heavy atom. The van der Waals surface area contributed by atoms with E-state index in [1.807, 2.05) is 49.7 Å². The highest BCUT2D eigenvalue weighted by molar-refractivity contribution is 5.99. The van der Waals surface area contributed by atoms with Crippen LogP contribution in [-0.4, -0.2) is 15.8 Å². The summed E-state index contributed by atoms with van der Waals surface area (Å²) in [5.74, 6) is 0.752. The van der Waals surface area contributed by atoms with Gasteiger partial charge in [0.2, 0.25) is 0 Å². The number of hydrogen-bond donors (Lipinski definition) is 1. The van der Waals surface area contributed by atoms with E-state index >= 15 is 0 Å². The van der Waals surface area contributed by atoms with Crippen molar-refractivity contribution in [3.8, 4) is 0 Å². The summed E-state index contributed by atoms with van der Waals surface area (Å²) in [7, 11) is 2.04. The summed E-state index contributed by atoms with van der Waals surface area (Å²) in [6.07, 6.45) is 3.92. The molecule has 0 radical (unpaired) electrons. The van der Waals surface area contributed by atoms with E-state index in [0.29, 0.717) is 0 Å². The average Bonchev–Trinajstić information content (AvgIpc) is 2.92. The third-order valence-corrected chi connectivity index (χ3v) is 4.23. The van der Waals surface area contributed by atoms with Gasteiger partial charge in [-0.25, -0.2) is 4.98 Å². The first-order valence-electron chi connectivity index (χ1n) is 7.92. The highest BCUT2D eigenvalue weighted by Gasteiger charge is 2.04. The molecule has 0 atom stereocenters. The molecule has 0 saturated heterocycles. The second kappa shape index (κ2) is 5.81. The van der Waals surface area contributed by atoms with Crippen LogP contribution in [0.2, 0.25) is 0 Å². The van der Waals surface area contributed by atoms with Crippen molar-refractivity contribution >= 4 is 33.8 Å². The Balaban J connectivity index is 1.63. The molecule has 0 fully saturated rings. The highest BCUT2D eigenvalue weighted by atomic mass is 15.3. The molecule has 0 aliphatic heterocycles. The van der Waals surface area contributed by atoms with Crippen LogP contribution in [0.1, 0.15) is 11.1 Å². The first kappa shape index (κ1) is 14.5. The largest absolute Gasteiger partial charge is 0.350 e. The number of benzene rings is 2. The summed E-state index contributed by atoms with van der Waals surface area (Å²) in [6, 6.07) is 18.4. The van der Waals surface area contributed by atoms with Crippen molar-refractivity contribution in [1.29, 1.82) is 0 Å². The van der Waals surface area contributed by atoms with Crippen LogP contribution in [0.15, 0.2) is 65.9 Å². The summed E-state index contributed by atoms with van der Waals surface area (Å²) in [5, 5.41) is 6.73. The van der Waals surface area contributed by atoms with Crippen LogP contribution in [0.3, 0.4) is 0 Å². The van der Waals surface area contributed by atoms with Crippen LogP contribution < -0.4 is 5.43 Å². The number of aryl methyl sites for hydroxylation is 2. The molecule has 118 valence electrons. The molecule has 0 saturated carbocycles. The number of nitrogens with zero attached hydrogens (tertiary/aromatic N) is 3. The van der Waals surface area contributed by atoms with Gasteiger partial charge in [-0.2, -0.15) is 5.10 Å². The van der Waals surface area contributed by atoms with E-state index in [2.05, 4.69) is 51.4 Å². The molecule has 0 spiro atoms. The monoisotopic (exact) mass is 314 g/mol. The number of aromatic nitrogens is 2. The number of hydrogen-bond acceptors (Lipinski definition) is 3. The Morgan fingerprint density at radius 1 is 1.04 bits per heavy atom. The summed E-state index contributed by atoms with van der Waals surface area (Å²) in [4.78, 5) is 4.60. The fraction of sp³-hybridized carbons (Fsp3) is 0.100. The molecule has 4 aromatic rings. The average molecular weight is 314 g/mol. The fourth-order valence-electron chi connectivity index (χ4n) is 3.05. The van der Waals surface area contributed by atoms with Crippen molar-refractivity contribution in [3.05, 3.63) is 71.9 Å². The molecule has 2 heterocycles. The number of fused-ring (bicyclic) bond motifs is 2. The van der Waals surface area contributed by atoms with Crippen molar-refractivity contribution in [1.82, 2.24) is 9.55 Å². The van der Waals surface area contributed by atoms with Crippen LogP contribution in [0.25, 0.3) is 21.8 Å². The molecule has 2 aromatic carbocycles. The molecule has 0 amide bonds. The molecule has 0 aliphatic rings. The van der Waals surface area contributed by atoms with Gasteiger partial charge in [-0.3, -0.25) is 5.43 Å². The zero-order valence-electron chi connectivity index (χ0n) is 13.7. The zero-order chi connectivity index (χ0) is 16.5. The summed E-state index contributed by atoms with van der Waals surface area (Å²) >= 11 is 0. The lowest BCUT2D eigenvalue weighted by molar-refractivity contribution is 0.968. The minimum absolute atomic E-state index is 0.752. The summed E-state index contributed by atoms with van der Waals surface area (Å²) in [6.45, 7) is 2.09. The van der Waals surface area contributed by atoms with Crippen LogP contribution in [0.4, 0.5) is 5.82 Å². The molecule has 4 nitrogen and oxygen atoms in total. The Hall–Kier alpha value is -3.14. The van der Waals surface area contributed by atoms with Crippen LogP contribution >= 0.6 is 0 Å². The van der Waals surface area contributed by atoms with Gasteiger partial charge in [0, 0.05) is 35.1 Å². The van der Waals surface area contributed by atoms with Gasteiger partial charge in [0.1, 0.15) is 5.82 Å². The molecule has 0 unspecified atom stereocenters. The second-order valence-corrected chi connectivity index (χ2v) is 5.92. The van der Waals surface area contributed by atoms with Crippen LogP contribution in [0, 0.1) is 6.92 Å². The molecular formula is C20H18N4. The Labute approximate surface area is 140 Å². The molecule has 0 bridgehead atoms. The van der Waals surface area contributed by atoms with Crippen LogP contribution in [-0.2, 0) is 7.05 Å². The van der Waals surface area contributed by atoms with Gasteiger partial charge in [0.15, 0.2) is 0 Å². The second-order valence-electron chi connectivity index (χ2n) is 5.92. The van der Waals surface area contributed by atoms with E-state index in [4.69, 9.17) is 0 Å². The first-order valence-corrected chi connectivity index (χ1v) is 7.92. The minimum atomic E-state index is 0.752. The SMILES string of the molecule is Cc1cc(NN=Cc2cn(C)c3ccccc23)nc2ccccc12. The third kappa shape index (κ3) is 2.52. The van der Waals surface area contributed by atoms with Crippen molar-refractivity contribution in [2.24, 2.45) is 12.1 Å². The minimum Gasteiger partial charge on any atom is -0.350 e. The Morgan fingerprint density at radius 3 is 2.67 bits per heavy atom. The van der Waals surface area contributed by atoms with Gasteiger partial charge in [0.25, 0.3) is 0 Å². The Kier molecular flexibility index (Phi) is 3.50. The predicted molar refractivity (Wildman–Crippen MR) is 101 cm³/mol. The number of para-hydroxylation sites is 2. The molecule has 2 aromatic heterocycles. The van der Waals surface area contributed by atoms with Gasteiger partial charge in [-0.1, -0.05) is 36.4 Å². The molecule has 0 aliphatic carbocycles. The molecule has 4 rings (SSSR count). The third-order valence-electron chi connectivity index (χ3n) is 4.23. The maximum atomic E-state index is 4.60. The lowest BCUT2D eigenvalue weighted by atomic mass is 10.1. The van der Waals surface area contributed by atoms with Crippen molar-refractivity contribution in [2.75, 3.05) is 5.43 Å². The predicted octanol–water partition coefficient (Wildman–Crippen LogP) is 4.48. The van der Waals surface area contributed by atoms with Crippen molar-refractivity contribution in [2.45, 2.75) is 6.92 Å².